The molecule has 0 aromatic heterocycles. The molecule has 92 valence electrons. The van der Waals surface area contributed by atoms with Gasteiger partial charge in [0.05, 0.1) is 0 Å². The Kier molecular flexibility index (Phi) is 4.26. The molecule has 0 heterocycles. The minimum Gasteiger partial charge on any atom is -0.131 e. The summed E-state index contributed by atoms with van der Waals surface area (Å²) in [7, 11) is 7.87. The quantitative estimate of drug-likeness (QED) is 0.593. The second-order valence-corrected chi connectivity index (χ2v) is 7.98. The highest BCUT2D eigenvalue weighted by Gasteiger charge is 2.13. The maximum Gasteiger partial charge on any atom is 0.125 e. The third-order valence-electron chi connectivity index (χ3n) is 3.20. The van der Waals surface area contributed by atoms with Gasteiger partial charge in [-0.2, -0.15) is 0 Å². The first-order valence-electron chi connectivity index (χ1n) is 6.28. The molecule has 0 radical (unpaired) electrons. The van der Waals surface area contributed by atoms with Crippen LogP contribution < -0.4 is 0 Å². The van der Waals surface area contributed by atoms with Gasteiger partial charge in [0.2, 0.25) is 0 Å². The second-order valence-electron chi connectivity index (χ2n) is 4.91. The molecule has 0 aliphatic carbocycles. The highest BCUT2D eigenvalue weighted by atomic mass is 31.1. The molecule has 2 unspecified atom stereocenters. The zero-order chi connectivity index (χ0) is 13.2. The van der Waals surface area contributed by atoms with Crippen molar-refractivity contribution in [1.29, 1.82) is 0 Å². The molecule has 0 saturated carbocycles. The molecule has 0 aliphatic rings. The van der Waals surface area contributed by atoms with E-state index in [1.807, 2.05) is 0 Å². The van der Waals surface area contributed by atoms with Crippen molar-refractivity contribution in [2.24, 2.45) is 0 Å². The number of rotatable bonds is 3. The summed E-state index contributed by atoms with van der Waals surface area (Å²) < 4.78 is 0. The van der Waals surface area contributed by atoms with Gasteiger partial charge >= 0.3 is 0 Å². The fourth-order valence-corrected chi connectivity index (χ4v) is 2.34. The molecule has 0 saturated heterocycles. The normalized spacial score (nSPS) is 11.5. The van der Waals surface area contributed by atoms with E-state index in [1.165, 1.54) is 22.3 Å². The molecule has 0 spiro atoms. The van der Waals surface area contributed by atoms with Crippen LogP contribution in [0.3, 0.4) is 0 Å². The lowest BCUT2D eigenvalue weighted by molar-refractivity contribution is 1.14. The first-order chi connectivity index (χ1) is 8.50. The zero-order valence-electron chi connectivity index (χ0n) is 11.0. The Bertz CT molecular complexity index is 510. The SMILES string of the molecule is BC(P)(P)c1ccc(-c2ccc(CC)cc2)cc1. The Morgan fingerprint density at radius 1 is 0.889 bits per heavy atom. The van der Waals surface area contributed by atoms with Crippen molar-refractivity contribution >= 4 is 26.3 Å². The Balaban J connectivity index is 2.28. The van der Waals surface area contributed by atoms with Gasteiger partial charge in [-0.15, -0.1) is 18.5 Å². The molecular weight excluding hydrogens is 253 g/mol. The van der Waals surface area contributed by atoms with Crippen LogP contribution in [0, 0.1) is 0 Å². The summed E-state index contributed by atoms with van der Waals surface area (Å²) in [5.74, 6) is 0. The fraction of sp³-hybridized carbons (Fsp3) is 0.200. The van der Waals surface area contributed by atoms with E-state index in [9.17, 15) is 0 Å². The lowest BCUT2D eigenvalue weighted by Gasteiger charge is -2.18. The third kappa shape index (κ3) is 3.22. The van der Waals surface area contributed by atoms with Crippen LogP contribution in [-0.2, 0) is 11.2 Å². The molecular formula is C15H19BP2. The summed E-state index contributed by atoms with van der Waals surface area (Å²) >= 11 is 0. The summed E-state index contributed by atoms with van der Waals surface area (Å²) in [5, 5.41) is 0. The second kappa shape index (κ2) is 5.56. The van der Waals surface area contributed by atoms with Crippen LogP contribution in [0.2, 0.25) is 0 Å². The zero-order valence-corrected chi connectivity index (χ0v) is 13.3. The predicted octanol–water partition coefficient (Wildman–Crippen LogP) is 3.41. The molecule has 18 heavy (non-hydrogen) atoms. The Labute approximate surface area is 115 Å². The van der Waals surface area contributed by atoms with Gasteiger partial charge in [-0.25, -0.2) is 0 Å². The largest absolute Gasteiger partial charge is 0.131 e. The fourth-order valence-electron chi connectivity index (χ4n) is 1.95. The van der Waals surface area contributed by atoms with E-state index in [4.69, 9.17) is 0 Å². The summed E-state index contributed by atoms with van der Waals surface area (Å²) in [6, 6.07) is 17.6. The molecule has 0 N–H and O–H groups in total. The van der Waals surface area contributed by atoms with Gasteiger partial charge in [-0.3, -0.25) is 0 Å². The van der Waals surface area contributed by atoms with Crippen molar-refractivity contribution in [3.63, 3.8) is 0 Å². The van der Waals surface area contributed by atoms with E-state index in [0.29, 0.717) is 0 Å². The van der Waals surface area contributed by atoms with Gasteiger partial charge in [-0.1, -0.05) is 55.5 Å². The van der Waals surface area contributed by atoms with E-state index in [-0.39, 0.29) is 4.80 Å². The van der Waals surface area contributed by atoms with Crippen molar-refractivity contribution < 1.29 is 0 Å². The van der Waals surface area contributed by atoms with E-state index >= 15 is 0 Å². The maximum atomic E-state index is 2.85. The molecule has 0 amide bonds. The Morgan fingerprint density at radius 3 is 1.72 bits per heavy atom. The van der Waals surface area contributed by atoms with Crippen LogP contribution >= 0.6 is 18.5 Å². The minimum absolute atomic E-state index is 0.0601. The van der Waals surface area contributed by atoms with Crippen LogP contribution in [0.5, 0.6) is 0 Å². The van der Waals surface area contributed by atoms with Crippen LogP contribution in [0.1, 0.15) is 18.1 Å². The van der Waals surface area contributed by atoms with Gasteiger partial charge in [0, 0.05) is 0 Å². The molecule has 2 atom stereocenters. The van der Waals surface area contributed by atoms with Gasteiger partial charge in [0.25, 0.3) is 0 Å². The van der Waals surface area contributed by atoms with Gasteiger partial charge in [0.15, 0.2) is 0 Å². The van der Waals surface area contributed by atoms with Crippen molar-refractivity contribution in [3.8, 4) is 11.1 Å². The van der Waals surface area contributed by atoms with Gasteiger partial charge < -0.3 is 0 Å². The minimum atomic E-state index is 0.0601. The van der Waals surface area contributed by atoms with E-state index in [2.05, 4.69) is 81.8 Å². The summed E-state index contributed by atoms with van der Waals surface area (Å²) in [6.45, 7) is 2.18. The van der Waals surface area contributed by atoms with Crippen LogP contribution in [0.15, 0.2) is 48.5 Å². The molecule has 2 aromatic rings. The number of hydrogen-bond acceptors (Lipinski definition) is 0. The molecule has 0 nitrogen and oxygen atoms in total. The summed E-state index contributed by atoms with van der Waals surface area (Å²) in [6.07, 6.45) is 1.09. The summed E-state index contributed by atoms with van der Waals surface area (Å²) in [5.41, 5.74) is 5.26. The van der Waals surface area contributed by atoms with Crippen LogP contribution in [0.4, 0.5) is 0 Å². The lowest BCUT2D eigenvalue weighted by Crippen LogP contribution is -2.06. The molecule has 2 aromatic carbocycles. The number of hydrogen-bond donors (Lipinski definition) is 0. The first kappa shape index (κ1) is 13.8. The molecule has 3 heteroatoms. The Hall–Kier alpha value is -0.635. The lowest BCUT2D eigenvalue weighted by atomic mass is 9.93. The van der Waals surface area contributed by atoms with E-state index in [0.717, 1.165) is 6.42 Å². The van der Waals surface area contributed by atoms with E-state index < -0.39 is 0 Å². The first-order valence-corrected chi connectivity index (χ1v) is 7.44. The summed E-state index contributed by atoms with van der Waals surface area (Å²) in [4.78, 5) is 0.0601. The van der Waals surface area contributed by atoms with Crippen LogP contribution in [0.25, 0.3) is 11.1 Å². The molecule has 0 aliphatic heterocycles. The Morgan fingerprint density at radius 2 is 1.33 bits per heavy atom. The smallest absolute Gasteiger partial charge is 0.125 e. The standard InChI is InChI=1S/C15H19BP2/c1-2-11-3-5-12(6-4-11)13-7-9-14(10-8-13)15(16,17)18/h3-10H,2,16-18H2,1H3. The maximum absolute atomic E-state index is 2.85. The molecule has 0 fully saturated rings. The van der Waals surface area contributed by atoms with Crippen molar-refractivity contribution in [1.82, 2.24) is 0 Å². The van der Waals surface area contributed by atoms with E-state index in [1.54, 1.807) is 0 Å². The third-order valence-corrected chi connectivity index (χ3v) is 3.87. The van der Waals surface area contributed by atoms with Crippen LogP contribution in [-0.4, -0.2) is 7.85 Å². The van der Waals surface area contributed by atoms with Gasteiger partial charge in [-0.05, 0) is 33.5 Å². The number of benzene rings is 2. The predicted molar refractivity (Wildman–Crippen MR) is 90.9 cm³/mol. The van der Waals surface area contributed by atoms with Crippen molar-refractivity contribution in [2.75, 3.05) is 0 Å². The van der Waals surface area contributed by atoms with Crippen molar-refractivity contribution in [2.45, 2.75) is 18.1 Å². The monoisotopic (exact) mass is 272 g/mol. The number of aryl methyl sites for hydroxylation is 1. The average Bonchev–Trinajstić information content (AvgIpc) is 2.38. The molecule has 2 rings (SSSR count). The van der Waals surface area contributed by atoms with Gasteiger partial charge in [0.1, 0.15) is 7.85 Å². The average molecular weight is 272 g/mol. The highest BCUT2D eigenvalue weighted by molar-refractivity contribution is 7.43. The highest BCUT2D eigenvalue weighted by Crippen LogP contribution is 2.35. The topological polar surface area (TPSA) is 0 Å². The molecule has 0 bridgehead atoms. The van der Waals surface area contributed by atoms with Crippen molar-refractivity contribution in [3.05, 3.63) is 59.7 Å².